The fourth-order valence-electron chi connectivity index (χ4n) is 1.99. The average molecular weight is 335 g/mol. The predicted molar refractivity (Wildman–Crippen MR) is 94.0 cm³/mol. The molecule has 0 unspecified atom stereocenters. The summed E-state index contributed by atoms with van der Waals surface area (Å²) in [6.45, 7) is 10.5. The van der Waals surface area contributed by atoms with Gasteiger partial charge in [-0.05, 0) is 43.4 Å². The fraction of sp³-hybridized carbons (Fsp3) is 0.579. The third-order valence-corrected chi connectivity index (χ3v) is 3.18. The van der Waals surface area contributed by atoms with Crippen LogP contribution in [0.15, 0.2) is 24.3 Å². The molecule has 5 heteroatoms. The van der Waals surface area contributed by atoms with Gasteiger partial charge in [0.1, 0.15) is 5.75 Å². The Bertz CT molecular complexity index is 547. The van der Waals surface area contributed by atoms with Crippen molar-refractivity contribution in [2.24, 2.45) is 5.41 Å². The standard InChI is InChI=1S/C19H29NO4/c1-14(2)24-16-8-6-7-15(11-16)12-18(22)23-13-17(21)20-10-9-19(3,4)5/h6-8,11,14H,9-10,12-13H2,1-5H3,(H,20,21). The van der Waals surface area contributed by atoms with Crippen molar-refractivity contribution in [2.45, 2.75) is 53.6 Å². The zero-order valence-corrected chi connectivity index (χ0v) is 15.3. The van der Waals surface area contributed by atoms with E-state index in [2.05, 4.69) is 26.1 Å². The molecule has 0 bridgehead atoms. The molecule has 0 aliphatic carbocycles. The van der Waals surface area contributed by atoms with Crippen molar-refractivity contribution in [3.05, 3.63) is 29.8 Å². The number of esters is 1. The van der Waals surface area contributed by atoms with Crippen LogP contribution in [0.4, 0.5) is 0 Å². The minimum absolute atomic E-state index is 0.0731. The van der Waals surface area contributed by atoms with Crippen LogP contribution in [-0.4, -0.2) is 31.1 Å². The van der Waals surface area contributed by atoms with Crippen LogP contribution in [0.25, 0.3) is 0 Å². The number of benzene rings is 1. The van der Waals surface area contributed by atoms with Gasteiger partial charge >= 0.3 is 5.97 Å². The smallest absolute Gasteiger partial charge is 0.310 e. The summed E-state index contributed by atoms with van der Waals surface area (Å²) in [7, 11) is 0. The van der Waals surface area contributed by atoms with Crippen LogP contribution in [0.5, 0.6) is 5.75 Å². The van der Waals surface area contributed by atoms with Gasteiger partial charge in [-0.3, -0.25) is 9.59 Å². The molecule has 5 nitrogen and oxygen atoms in total. The van der Waals surface area contributed by atoms with Crippen LogP contribution in [0.1, 0.15) is 46.6 Å². The Labute approximate surface area is 144 Å². The number of amides is 1. The normalized spacial score (nSPS) is 11.2. The molecule has 134 valence electrons. The Hall–Kier alpha value is -2.04. The van der Waals surface area contributed by atoms with E-state index >= 15 is 0 Å². The maximum atomic E-state index is 11.8. The van der Waals surface area contributed by atoms with Crippen LogP contribution >= 0.6 is 0 Å². The first-order valence-electron chi connectivity index (χ1n) is 8.33. The van der Waals surface area contributed by atoms with Crippen LogP contribution < -0.4 is 10.1 Å². The van der Waals surface area contributed by atoms with Gasteiger partial charge in [0, 0.05) is 6.54 Å². The zero-order chi connectivity index (χ0) is 18.2. The minimum atomic E-state index is -0.428. The number of rotatable bonds is 8. The fourth-order valence-corrected chi connectivity index (χ4v) is 1.99. The molecule has 24 heavy (non-hydrogen) atoms. The van der Waals surface area contributed by atoms with Gasteiger partial charge in [-0.15, -0.1) is 0 Å². The van der Waals surface area contributed by atoms with E-state index < -0.39 is 5.97 Å². The van der Waals surface area contributed by atoms with Crippen molar-refractivity contribution in [2.75, 3.05) is 13.2 Å². The molecule has 1 N–H and O–H groups in total. The predicted octanol–water partition coefficient (Wildman–Crippen LogP) is 3.11. The highest BCUT2D eigenvalue weighted by Crippen LogP contribution is 2.17. The number of carbonyl (C=O) groups is 2. The highest BCUT2D eigenvalue weighted by atomic mass is 16.5. The molecule has 0 aliphatic rings. The molecule has 0 heterocycles. The molecule has 0 fully saturated rings. The molecule has 0 aromatic heterocycles. The van der Waals surface area contributed by atoms with Crippen molar-refractivity contribution in [3.8, 4) is 5.75 Å². The van der Waals surface area contributed by atoms with Gasteiger partial charge in [-0.1, -0.05) is 32.9 Å². The first-order valence-corrected chi connectivity index (χ1v) is 8.33. The second-order valence-corrected chi connectivity index (χ2v) is 7.31. The van der Waals surface area contributed by atoms with Gasteiger partial charge in [0.2, 0.25) is 0 Å². The van der Waals surface area contributed by atoms with E-state index in [1.165, 1.54) is 0 Å². The topological polar surface area (TPSA) is 64.6 Å². The number of nitrogens with one attached hydrogen (secondary N) is 1. The Balaban J connectivity index is 2.34. The highest BCUT2D eigenvalue weighted by molar-refractivity contribution is 5.81. The van der Waals surface area contributed by atoms with Gasteiger partial charge in [0.15, 0.2) is 6.61 Å². The molecule has 1 rings (SSSR count). The van der Waals surface area contributed by atoms with E-state index in [-0.39, 0.29) is 30.5 Å². The van der Waals surface area contributed by atoms with Crippen molar-refractivity contribution < 1.29 is 19.1 Å². The van der Waals surface area contributed by atoms with E-state index in [0.29, 0.717) is 6.54 Å². The summed E-state index contributed by atoms with van der Waals surface area (Å²) in [5.74, 6) is 0.0161. The van der Waals surface area contributed by atoms with Crippen molar-refractivity contribution in [3.63, 3.8) is 0 Å². The van der Waals surface area contributed by atoms with Gasteiger partial charge < -0.3 is 14.8 Å². The number of ether oxygens (including phenoxy) is 2. The number of hydrogen-bond donors (Lipinski definition) is 1. The van der Waals surface area contributed by atoms with E-state index in [1.54, 1.807) is 0 Å². The maximum Gasteiger partial charge on any atom is 0.310 e. The lowest BCUT2D eigenvalue weighted by Crippen LogP contribution is -2.31. The monoisotopic (exact) mass is 335 g/mol. The van der Waals surface area contributed by atoms with Gasteiger partial charge in [-0.25, -0.2) is 0 Å². The van der Waals surface area contributed by atoms with E-state index in [9.17, 15) is 9.59 Å². The van der Waals surface area contributed by atoms with Crippen LogP contribution in [0, 0.1) is 5.41 Å². The lowest BCUT2D eigenvalue weighted by Gasteiger charge is -2.17. The van der Waals surface area contributed by atoms with E-state index in [1.807, 2.05) is 38.1 Å². The van der Waals surface area contributed by atoms with Gasteiger partial charge in [-0.2, -0.15) is 0 Å². The van der Waals surface area contributed by atoms with E-state index in [4.69, 9.17) is 9.47 Å². The summed E-state index contributed by atoms with van der Waals surface area (Å²) in [6.07, 6.45) is 1.06. The van der Waals surface area contributed by atoms with Crippen molar-refractivity contribution >= 4 is 11.9 Å². The summed E-state index contributed by atoms with van der Waals surface area (Å²) in [5.41, 5.74) is 0.957. The molecule has 0 radical (unpaired) electrons. The van der Waals surface area contributed by atoms with Crippen molar-refractivity contribution in [1.82, 2.24) is 5.32 Å². The SMILES string of the molecule is CC(C)Oc1cccc(CC(=O)OCC(=O)NCCC(C)(C)C)c1. The summed E-state index contributed by atoms with van der Waals surface area (Å²) in [5, 5.41) is 2.75. The van der Waals surface area contributed by atoms with Crippen LogP contribution in [0.2, 0.25) is 0 Å². The second-order valence-electron chi connectivity index (χ2n) is 7.31. The summed E-state index contributed by atoms with van der Waals surface area (Å²) < 4.78 is 10.6. The molecule has 1 amide bonds. The molecule has 0 saturated carbocycles. The second kappa shape index (κ2) is 9.30. The van der Waals surface area contributed by atoms with Gasteiger partial charge in [0.25, 0.3) is 5.91 Å². The quantitative estimate of drug-likeness (QED) is 0.741. The molecular weight excluding hydrogens is 306 g/mol. The molecular formula is C19H29NO4. The Kier molecular flexibility index (Phi) is 7.75. The summed E-state index contributed by atoms with van der Waals surface area (Å²) in [6, 6.07) is 7.32. The third kappa shape index (κ3) is 9.18. The lowest BCUT2D eigenvalue weighted by molar-refractivity contribution is -0.147. The largest absolute Gasteiger partial charge is 0.491 e. The Morgan fingerprint density at radius 2 is 1.92 bits per heavy atom. The van der Waals surface area contributed by atoms with E-state index in [0.717, 1.165) is 17.7 Å². The number of hydrogen-bond acceptors (Lipinski definition) is 4. The van der Waals surface area contributed by atoms with Crippen LogP contribution in [0.3, 0.4) is 0 Å². The summed E-state index contributed by atoms with van der Waals surface area (Å²) >= 11 is 0. The first kappa shape index (κ1) is 20.0. The van der Waals surface area contributed by atoms with Gasteiger partial charge in [0.05, 0.1) is 12.5 Å². The molecule has 0 saturated heterocycles. The Morgan fingerprint density at radius 3 is 2.54 bits per heavy atom. The third-order valence-electron chi connectivity index (χ3n) is 3.18. The molecule has 1 aromatic rings. The summed E-state index contributed by atoms with van der Waals surface area (Å²) in [4.78, 5) is 23.5. The zero-order valence-electron chi connectivity index (χ0n) is 15.3. The molecule has 0 aliphatic heterocycles. The molecule has 0 spiro atoms. The first-order chi connectivity index (χ1) is 11.2. The van der Waals surface area contributed by atoms with Crippen LogP contribution in [-0.2, 0) is 20.7 Å². The molecule has 1 aromatic carbocycles. The minimum Gasteiger partial charge on any atom is -0.491 e. The maximum absolute atomic E-state index is 11.8. The highest BCUT2D eigenvalue weighted by Gasteiger charge is 2.12. The van der Waals surface area contributed by atoms with Crippen molar-refractivity contribution in [1.29, 1.82) is 0 Å². The lowest BCUT2D eigenvalue weighted by atomic mass is 9.92. The Morgan fingerprint density at radius 1 is 1.21 bits per heavy atom. The number of carbonyl (C=O) groups excluding carboxylic acids is 2. The molecule has 0 atom stereocenters. The average Bonchev–Trinajstić information content (AvgIpc) is 2.43.